The van der Waals surface area contributed by atoms with E-state index in [-0.39, 0.29) is 18.8 Å². The summed E-state index contributed by atoms with van der Waals surface area (Å²) in [6, 6.07) is 0. The molecule has 2 saturated heterocycles. The molecule has 430 valence electrons. The molecule has 2 aliphatic heterocycles. The number of ether oxygens (including phenoxy) is 9. The minimum atomic E-state index is -1.92. The predicted molar refractivity (Wildman–Crippen MR) is 264 cm³/mol. The van der Waals surface area contributed by atoms with Gasteiger partial charge in [0.25, 0.3) is 0 Å². The van der Waals surface area contributed by atoms with Crippen LogP contribution in [0.5, 0.6) is 0 Å². The van der Waals surface area contributed by atoms with Crippen LogP contribution in [0.15, 0.2) is 23.3 Å². The molecular formula is C55H84O21. The largest absolute Gasteiger partial charge is 0.469 e. The molecule has 5 aliphatic carbocycles. The zero-order valence-electron chi connectivity index (χ0n) is 46.3. The average Bonchev–Trinajstić information content (AvgIpc) is 3.38. The Morgan fingerprint density at radius 3 is 2.07 bits per heavy atom. The lowest BCUT2D eigenvalue weighted by molar-refractivity contribution is -0.357. The molecular weight excluding hydrogens is 997 g/mol. The van der Waals surface area contributed by atoms with E-state index < -0.39 is 179 Å². The quantitative estimate of drug-likeness (QED) is 0.0458. The maximum atomic E-state index is 14.6. The van der Waals surface area contributed by atoms with Gasteiger partial charge in [0, 0.05) is 23.3 Å². The lowest BCUT2D eigenvalue weighted by Crippen LogP contribution is -2.77. The molecule has 7 N–H and O–H groups in total. The molecule has 0 amide bonds. The molecule has 23 atom stereocenters. The fourth-order valence-corrected chi connectivity index (χ4v) is 15.4. The standard InChI is InChI=1S/C55H84O21/c1-14-25(3)44(64)75-42-43(76-45(65)26(4)15-2)55(24-56)29(22-50(42,6)7)28-16-17-31-51(8)20-19-33(53(10,49(67)69-13)32(51)18-21-52(31,9)54(28,11)40(63)41(55)71-27(5)57)72-48-37(62)38(36(61)39(74-48)46(66)68-12)73-47-35(60)34(59)30(58)23-70-47/h14,16,26,29-43,47-48,56,58-63H,15,17-24H2,1-13H3/b25-14-/t26?,29-,30-,31?,32?,33-,34+,35+,36-,37+,38-,39-,40?,41?,42-,43?,47-,48+,51+,52+,53-,54?,55-/m0/s1. The number of aliphatic hydroxyl groups excluding tert-OH is 7. The maximum absolute atomic E-state index is 14.6. The van der Waals surface area contributed by atoms with Crippen LogP contribution in [0.2, 0.25) is 0 Å². The minimum absolute atomic E-state index is 0.162. The molecule has 7 aliphatic rings. The van der Waals surface area contributed by atoms with Crippen LogP contribution in [0.3, 0.4) is 0 Å². The first kappa shape index (κ1) is 60.0. The van der Waals surface area contributed by atoms with Crippen molar-refractivity contribution in [3.05, 3.63) is 23.3 Å². The molecule has 76 heavy (non-hydrogen) atoms. The van der Waals surface area contributed by atoms with Crippen molar-refractivity contribution in [3.63, 3.8) is 0 Å². The van der Waals surface area contributed by atoms with Gasteiger partial charge in [-0.15, -0.1) is 0 Å². The van der Waals surface area contributed by atoms with Crippen LogP contribution in [0.1, 0.15) is 121 Å². The summed E-state index contributed by atoms with van der Waals surface area (Å²) in [4.78, 5) is 69.0. The molecule has 4 saturated carbocycles. The minimum Gasteiger partial charge on any atom is -0.469 e. The molecule has 0 spiro atoms. The molecule has 0 radical (unpaired) electrons. The van der Waals surface area contributed by atoms with Crippen LogP contribution < -0.4 is 0 Å². The van der Waals surface area contributed by atoms with Crippen LogP contribution in [-0.2, 0) is 66.6 Å². The number of fused-ring (bicyclic) bond motifs is 7. The van der Waals surface area contributed by atoms with Crippen molar-refractivity contribution in [2.75, 3.05) is 27.4 Å². The van der Waals surface area contributed by atoms with E-state index in [9.17, 15) is 59.7 Å². The Hall–Kier alpha value is -3.61. The number of methoxy groups -OCH3 is 2. The Morgan fingerprint density at radius 1 is 0.803 bits per heavy atom. The third-order valence-corrected chi connectivity index (χ3v) is 20.2. The SMILES string of the molecule is C/C=C(/C)C(=O)O[C@H]1C(OC(=O)C(C)CC)[C@]2(CO)C(OC(C)=O)C(O)C3(C)C(=CCC4[C@@]5(C)CC[C@H](O[C@@H]6O[C@H](C(=O)OC)[C@@H](O)[C@H](O[C@@H]7OC[C@H](O)[C@@H](O)[C@H]7O)[C@H]6O)[C@@](C)(C(=O)OC)C5CC[C@]43C)[C@@H]2CC1(C)C. The highest BCUT2D eigenvalue weighted by atomic mass is 16.7. The molecule has 0 aromatic carbocycles. The second-order valence-electron chi connectivity index (χ2n) is 24.3. The highest BCUT2D eigenvalue weighted by Crippen LogP contribution is 2.76. The average molecular weight is 1080 g/mol. The number of aliphatic hydroxyl groups is 7. The third kappa shape index (κ3) is 9.25. The zero-order valence-corrected chi connectivity index (χ0v) is 46.3. The first-order valence-electron chi connectivity index (χ1n) is 26.8. The molecule has 7 rings (SSSR count). The lowest BCUT2D eigenvalue weighted by atomic mass is 9.32. The van der Waals surface area contributed by atoms with Gasteiger partial charge in [0.2, 0.25) is 0 Å². The van der Waals surface area contributed by atoms with E-state index in [0.717, 1.165) is 12.7 Å². The number of hydrogen-bond acceptors (Lipinski definition) is 21. The molecule has 0 aromatic heterocycles. The smallest absolute Gasteiger partial charge is 0.337 e. The van der Waals surface area contributed by atoms with Gasteiger partial charge in [-0.2, -0.15) is 0 Å². The van der Waals surface area contributed by atoms with Gasteiger partial charge in [0.15, 0.2) is 24.8 Å². The Labute approximate surface area is 444 Å². The van der Waals surface area contributed by atoms with Crippen LogP contribution >= 0.6 is 0 Å². The summed E-state index contributed by atoms with van der Waals surface area (Å²) in [7, 11) is 2.32. The summed E-state index contributed by atoms with van der Waals surface area (Å²) in [5.41, 5.74) is -5.77. The zero-order chi connectivity index (χ0) is 56.6. The van der Waals surface area contributed by atoms with E-state index in [2.05, 4.69) is 19.9 Å². The van der Waals surface area contributed by atoms with E-state index >= 15 is 0 Å². The van der Waals surface area contributed by atoms with Crippen molar-refractivity contribution in [2.24, 2.45) is 56.2 Å². The molecule has 21 nitrogen and oxygen atoms in total. The Balaban J connectivity index is 1.29. The first-order chi connectivity index (χ1) is 35.5. The number of carbonyl (C=O) groups excluding carboxylic acids is 5. The molecule has 7 unspecified atom stereocenters. The maximum Gasteiger partial charge on any atom is 0.337 e. The summed E-state index contributed by atoms with van der Waals surface area (Å²) < 4.78 is 53.4. The molecule has 2 heterocycles. The summed E-state index contributed by atoms with van der Waals surface area (Å²) in [6.45, 7) is 18.6. The van der Waals surface area contributed by atoms with Crippen LogP contribution in [-0.4, -0.2) is 179 Å². The van der Waals surface area contributed by atoms with Gasteiger partial charge in [0.05, 0.1) is 50.3 Å². The van der Waals surface area contributed by atoms with Crippen molar-refractivity contribution in [1.82, 2.24) is 0 Å². The van der Waals surface area contributed by atoms with Crippen molar-refractivity contribution in [2.45, 2.75) is 207 Å². The molecule has 6 fully saturated rings. The second kappa shape index (κ2) is 21.8. The van der Waals surface area contributed by atoms with Crippen molar-refractivity contribution >= 4 is 29.8 Å². The van der Waals surface area contributed by atoms with Crippen molar-refractivity contribution in [1.29, 1.82) is 0 Å². The Morgan fingerprint density at radius 2 is 1.47 bits per heavy atom. The van der Waals surface area contributed by atoms with Crippen LogP contribution in [0, 0.1) is 56.2 Å². The Kier molecular flexibility index (Phi) is 17.2. The molecule has 0 aromatic rings. The number of hydrogen-bond donors (Lipinski definition) is 7. The van der Waals surface area contributed by atoms with Gasteiger partial charge < -0.3 is 78.4 Å². The van der Waals surface area contributed by atoms with Crippen molar-refractivity contribution in [3.8, 4) is 0 Å². The lowest BCUT2D eigenvalue weighted by Gasteiger charge is -2.73. The van der Waals surface area contributed by atoms with Crippen molar-refractivity contribution < 1.29 is 102 Å². The van der Waals surface area contributed by atoms with E-state index in [0.29, 0.717) is 37.7 Å². The third-order valence-electron chi connectivity index (χ3n) is 20.2. The summed E-state index contributed by atoms with van der Waals surface area (Å²) in [5.74, 6) is -5.80. The first-order valence-corrected chi connectivity index (χ1v) is 26.8. The number of rotatable bonds is 13. The second-order valence-corrected chi connectivity index (χ2v) is 24.3. The van der Waals surface area contributed by atoms with E-state index in [4.69, 9.17) is 42.6 Å². The van der Waals surface area contributed by atoms with Gasteiger partial charge in [0.1, 0.15) is 54.9 Å². The van der Waals surface area contributed by atoms with E-state index in [1.54, 1.807) is 33.8 Å². The Bertz CT molecular complexity index is 2270. The van der Waals surface area contributed by atoms with Crippen LogP contribution in [0.25, 0.3) is 0 Å². The number of esters is 5. The van der Waals surface area contributed by atoms with Gasteiger partial charge in [-0.05, 0) is 94.3 Å². The molecule has 0 bridgehead atoms. The van der Waals surface area contributed by atoms with Gasteiger partial charge in [-0.25, -0.2) is 9.59 Å². The van der Waals surface area contributed by atoms with E-state index in [1.165, 1.54) is 14.0 Å². The summed E-state index contributed by atoms with van der Waals surface area (Å²) in [6.07, 6.45) is -16.3. The highest BCUT2D eigenvalue weighted by Gasteiger charge is 2.78. The fraction of sp³-hybridized carbons (Fsp3) is 0.836. The fourth-order valence-electron chi connectivity index (χ4n) is 15.4. The summed E-state index contributed by atoms with van der Waals surface area (Å²) in [5, 5.41) is 79.8. The topological polar surface area (TPSA) is 310 Å². The highest BCUT2D eigenvalue weighted by molar-refractivity contribution is 5.88. The number of carbonyl (C=O) groups is 5. The van der Waals surface area contributed by atoms with Gasteiger partial charge in [-0.1, -0.05) is 66.2 Å². The van der Waals surface area contributed by atoms with Crippen LogP contribution in [0.4, 0.5) is 0 Å². The van der Waals surface area contributed by atoms with Gasteiger partial charge in [-0.3, -0.25) is 14.4 Å². The van der Waals surface area contributed by atoms with Gasteiger partial charge >= 0.3 is 29.8 Å². The van der Waals surface area contributed by atoms with E-state index in [1.807, 2.05) is 27.7 Å². The number of allylic oxidation sites excluding steroid dienone is 2. The summed E-state index contributed by atoms with van der Waals surface area (Å²) >= 11 is 0. The normalized spacial score (nSPS) is 46.2. The molecule has 21 heteroatoms. The predicted octanol–water partition coefficient (Wildman–Crippen LogP) is 2.33. The monoisotopic (exact) mass is 1080 g/mol.